The van der Waals surface area contributed by atoms with Gasteiger partial charge in [-0.3, -0.25) is 0 Å². The van der Waals surface area contributed by atoms with E-state index in [2.05, 4.69) is 50.2 Å². The molecule has 0 bridgehead atoms. The summed E-state index contributed by atoms with van der Waals surface area (Å²) in [6, 6.07) is 16.9. The second kappa shape index (κ2) is 6.58. The van der Waals surface area contributed by atoms with E-state index in [4.69, 9.17) is 10.5 Å². The number of benzene rings is 2. The van der Waals surface area contributed by atoms with E-state index < -0.39 is 0 Å². The lowest BCUT2D eigenvalue weighted by Crippen LogP contribution is -2.12. The minimum absolute atomic E-state index is 0.353. The fourth-order valence-corrected chi connectivity index (χ4v) is 2.55. The van der Waals surface area contributed by atoms with E-state index in [1.54, 1.807) is 7.11 Å². The van der Waals surface area contributed by atoms with Crippen LogP contribution in [0.3, 0.4) is 0 Å². The third-order valence-corrected chi connectivity index (χ3v) is 3.96. The quantitative estimate of drug-likeness (QED) is 0.893. The first-order chi connectivity index (χ1) is 9.67. The molecule has 0 saturated carbocycles. The molecule has 2 rings (SSSR count). The highest BCUT2D eigenvalue weighted by atomic mass is 16.5. The molecule has 0 aliphatic rings. The molecule has 2 atom stereocenters. The van der Waals surface area contributed by atoms with Crippen LogP contribution >= 0.6 is 0 Å². The maximum absolute atomic E-state index is 5.83. The molecule has 0 spiro atoms. The zero-order valence-corrected chi connectivity index (χ0v) is 12.5. The summed E-state index contributed by atoms with van der Waals surface area (Å²) in [6.45, 7) is 5.09. The van der Waals surface area contributed by atoms with Crippen molar-refractivity contribution in [2.24, 2.45) is 5.73 Å². The molecule has 0 aromatic heterocycles. The molecule has 2 aromatic rings. The van der Waals surface area contributed by atoms with Gasteiger partial charge in [0.25, 0.3) is 0 Å². The van der Waals surface area contributed by atoms with Crippen LogP contribution in [0.4, 0.5) is 0 Å². The van der Waals surface area contributed by atoms with Gasteiger partial charge in [0.2, 0.25) is 0 Å². The molecule has 2 aromatic carbocycles. The van der Waals surface area contributed by atoms with Gasteiger partial charge in [0.1, 0.15) is 5.75 Å². The number of ether oxygens (including phenoxy) is 1. The summed E-state index contributed by atoms with van der Waals surface area (Å²) in [4.78, 5) is 0. The van der Waals surface area contributed by atoms with Crippen molar-refractivity contribution in [2.75, 3.05) is 13.7 Å². The Kier molecular flexibility index (Phi) is 4.80. The van der Waals surface area contributed by atoms with Crippen molar-refractivity contribution in [3.8, 4) is 5.75 Å². The molecule has 0 fully saturated rings. The highest BCUT2D eigenvalue weighted by Crippen LogP contribution is 2.31. The van der Waals surface area contributed by atoms with Crippen LogP contribution in [0.2, 0.25) is 0 Å². The lowest BCUT2D eigenvalue weighted by Gasteiger charge is -2.20. The van der Waals surface area contributed by atoms with Gasteiger partial charge in [-0.1, -0.05) is 50.2 Å². The first kappa shape index (κ1) is 14.6. The van der Waals surface area contributed by atoms with E-state index in [0.717, 1.165) is 5.75 Å². The monoisotopic (exact) mass is 269 g/mol. The summed E-state index contributed by atoms with van der Waals surface area (Å²) in [5.41, 5.74) is 9.83. The second-order valence-electron chi connectivity index (χ2n) is 5.26. The Balaban J connectivity index is 2.34. The lowest BCUT2D eigenvalue weighted by atomic mass is 9.85. The minimum atomic E-state index is 0.353. The van der Waals surface area contributed by atoms with Crippen molar-refractivity contribution in [2.45, 2.75) is 25.7 Å². The van der Waals surface area contributed by atoms with Crippen LogP contribution in [0.25, 0.3) is 0 Å². The average molecular weight is 269 g/mol. The Morgan fingerprint density at radius 2 is 1.55 bits per heavy atom. The third kappa shape index (κ3) is 3.02. The maximum Gasteiger partial charge on any atom is 0.118 e. The topological polar surface area (TPSA) is 35.2 Å². The molecule has 0 aliphatic carbocycles. The Morgan fingerprint density at radius 3 is 2.10 bits per heavy atom. The SMILES string of the molecule is COc1ccc(C(C)c2ccccc2C(C)CN)cc1. The molecule has 0 aliphatic heterocycles. The largest absolute Gasteiger partial charge is 0.497 e. The Morgan fingerprint density at radius 1 is 0.950 bits per heavy atom. The van der Waals surface area contributed by atoms with Crippen molar-refractivity contribution in [3.63, 3.8) is 0 Å². The molecule has 2 nitrogen and oxygen atoms in total. The van der Waals surface area contributed by atoms with Crippen LogP contribution in [0, 0.1) is 0 Å². The highest BCUT2D eigenvalue weighted by molar-refractivity contribution is 5.40. The average Bonchev–Trinajstić information content (AvgIpc) is 2.53. The van der Waals surface area contributed by atoms with Gasteiger partial charge in [0.05, 0.1) is 7.11 Å². The maximum atomic E-state index is 5.83. The molecule has 106 valence electrons. The van der Waals surface area contributed by atoms with E-state index in [1.165, 1.54) is 16.7 Å². The summed E-state index contributed by atoms with van der Waals surface area (Å²) in [5.74, 6) is 1.63. The predicted molar refractivity (Wildman–Crippen MR) is 84.4 cm³/mol. The van der Waals surface area contributed by atoms with Crippen LogP contribution in [0.1, 0.15) is 42.4 Å². The fourth-order valence-electron chi connectivity index (χ4n) is 2.55. The van der Waals surface area contributed by atoms with Crippen molar-refractivity contribution in [3.05, 3.63) is 65.2 Å². The van der Waals surface area contributed by atoms with E-state index in [0.29, 0.717) is 18.4 Å². The highest BCUT2D eigenvalue weighted by Gasteiger charge is 2.15. The molecule has 2 N–H and O–H groups in total. The molecule has 0 heterocycles. The molecule has 2 unspecified atom stereocenters. The molecular weight excluding hydrogens is 246 g/mol. The van der Waals surface area contributed by atoms with Crippen LogP contribution in [-0.4, -0.2) is 13.7 Å². The normalized spacial score (nSPS) is 13.8. The molecule has 0 amide bonds. The standard InChI is InChI=1S/C18H23NO/c1-13(12-19)17-6-4-5-7-18(17)14(2)15-8-10-16(20-3)11-9-15/h4-11,13-14H,12,19H2,1-3H3. The first-order valence-electron chi connectivity index (χ1n) is 7.10. The number of rotatable bonds is 5. The summed E-state index contributed by atoms with van der Waals surface area (Å²) in [5, 5.41) is 0. The van der Waals surface area contributed by atoms with Crippen molar-refractivity contribution in [1.29, 1.82) is 0 Å². The Bertz CT molecular complexity index is 548. The Hall–Kier alpha value is -1.80. The van der Waals surface area contributed by atoms with Crippen LogP contribution in [-0.2, 0) is 0 Å². The number of nitrogens with two attached hydrogens (primary N) is 1. The molecular formula is C18H23NO. The van der Waals surface area contributed by atoms with Crippen LogP contribution in [0.15, 0.2) is 48.5 Å². The van der Waals surface area contributed by atoms with Gasteiger partial charge in [-0.25, -0.2) is 0 Å². The number of methoxy groups -OCH3 is 1. The van der Waals surface area contributed by atoms with Gasteiger partial charge in [-0.2, -0.15) is 0 Å². The van der Waals surface area contributed by atoms with Gasteiger partial charge in [-0.05, 0) is 41.3 Å². The molecule has 0 radical (unpaired) electrons. The van der Waals surface area contributed by atoms with Crippen molar-refractivity contribution < 1.29 is 4.74 Å². The molecule has 0 saturated heterocycles. The fraction of sp³-hybridized carbons (Fsp3) is 0.333. The number of hydrogen-bond donors (Lipinski definition) is 1. The van der Waals surface area contributed by atoms with Crippen LogP contribution in [0.5, 0.6) is 5.75 Å². The third-order valence-electron chi connectivity index (χ3n) is 3.96. The van der Waals surface area contributed by atoms with Crippen molar-refractivity contribution >= 4 is 0 Å². The van der Waals surface area contributed by atoms with E-state index in [1.807, 2.05) is 12.1 Å². The van der Waals surface area contributed by atoms with Crippen molar-refractivity contribution in [1.82, 2.24) is 0 Å². The minimum Gasteiger partial charge on any atom is -0.497 e. The van der Waals surface area contributed by atoms with Gasteiger partial charge in [-0.15, -0.1) is 0 Å². The Labute approximate surface area is 121 Å². The molecule has 2 heteroatoms. The van der Waals surface area contributed by atoms with Crippen LogP contribution < -0.4 is 10.5 Å². The second-order valence-corrected chi connectivity index (χ2v) is 5.26. The zero-order chi connectivity index (χ0) is 14.5. The van der Waals surface area contributed by atoms with Gasteiger partial charge in [0.15, 0.2) is 0 Å². The number of hydrogen-bond acceptors (Lipinski definition) is 2. The van der Waals surface area contributed by atoms with Gasteiger partial charge in [0, 0.05) is 5.92 Å². The predicted octanol–water partition coefficient (Wildman–Crippen LogP) is 3.91. The smallest absolute Gasteiger partial charge is 0.118 e. The van der Waals surface area contributed by atoms with E-state index in [-0.39, 0.29) is 0 Å². The first-order valence-corrected chi connectivity index (χ1v) is 7.10. The summed E-state index contributed by atoms with van der Waals surface area (Å²) < 4.78 is 5.22. The lowest BCUT2D eigenvalue weighted by molar-refractivity contribution is 0.414. The van der Waals surface area contributed by atoms with E-state index >= 15 is 0 Å². The zero-order valence-electron chi connectivity index (χ0n) is 12.5. The molecule has 20 heavy (non-hydrogen) atoms. The summed E-state index contributed by atoms with van der Waals surface area (Å²) in [6.07, 6.45) is 0. The van der Waals surface area contributed by atoms with Gasteiger partial charge >= 0.3 is 0 Å². The summed E-state index contributed by atoms with van der Waals surface area (Å²) in [7, 11) is 1.69. The van der Waals surface area contributed by atoms with E-state index in [9.17, 15) is 0 Å². The van der Waals surface area contributed by atoms with Gasteiger partial charge < -0.3 is 10.5 Å². The summed E-state index contributed by atoms with van der Waals surface area (Å²) >= 11 is 0.